The zero-order valence-corrected chi connectivity index (χ0v) is 12.4. The number of H-pyrrole nitrogens is 1. The Hall–Kier alpha value is -1.41. The molecule has 0 bridgehead atoms. The van der Waals surface area contributed by atoms with Gasteiger partial charge in [0.25, 0.3) is 5.56 Å². The number of hydrogen-bond donors (Lipinski definition) is 3. The number of amides is 1. The average molecular weight is 333 g/mol. The third-order valence-electron chi connectivity index (χ3n) is 2.44. The zero-order chi connectivity index (χ0) is 14.4. The van der Waals surface area contributed by atoms with E-state index in [0.29, 0.717) is 6.54 Å². The van der Waals surface area contributed by atoms with Crippen LogP contribution in [0.25, 0.3) is 0 Å². The molecular formula is C11H17BrN4O3. The van der Waals surface area contributed by atoms with Crippen LogP contribution >= 0.6 is 15.9 Å². The highest BCUT2D eigenvalue weighted by Crippen LogP contribution is 1.97. The molecule has 0 fully saturated rings. The first kappa shape index (κ1) is 15.6. The lowest BCUT2D eigenvalue weighted by Gasteiger charge is -2.13. The van der Waals surface area contributed by atoms with Crippen LogP contribution in [0.1, 0.15) is 13.8 Å². The van der Waals surface area contributed by atoms with Crippen LogP contribution in [-0.4, -0.2) is 34.6 Å². The van der Waals surface area contributed by atoms with Gasteiger partial charge in [-0.1, -0.05) is 6.92 Å². The van der Waals surface area contributed by atoms with Gasteiger partial charge in [-0.3, -0.25) is 19.1 Å². The fraction of sp³-hybridized carbons (Fsp3) is 0.545. The number of nitrogens with one attached hydrogen (secondary N) is 3. The van der Waals surface area contributed by atoms with Crippen LogP contribution in [0.2, 0.25) is 0 Å². The Morgan fingerprint density at radius 2 is 2.21 bits per heavy atom. The molecule has 0 spiro atoms. The predicted molar refractivity (Wildman–Crippen MR) is 75.2 cm³/mol. The van der Waals surface area contributed by atoms with E-state index in [1.807, 2.05) is 13.8 Å². The van der Waals surface area contributed by atoms with Gasteiger partial charge >= 0.3 is 5.69 Å². The summed E-state index contributed by atoms with van der Waals surface area (Å²) in [6.07, 6.45) is 1.30. The summed E-state index contributed by atoms with van der Waals surface area (Å²) in [5.41, 5.74) is -1.12. The Morgan fingerprint density at radius 3 is 2.84 bits per heavy atom. The Balaban J connectivity index is 2.60. The van der Waals surface area contributed by atoms with Crippen molar-refractivity contribution < 1.29 is 4.79 Å². The minimum absolute atomic E-state index is 0.132. The topological polar surface area (TPSA) is 96.0 Å². The quantitative estimate of drug-likeness (QED) is 0.649. The highest BCUT2D eigenvalue weighted by Gasteiger charge is 2.08. The van der Waals surface area contributed by atoms with Gasteiger partial charge in [0.15, 0.2) is 0 Å². The molecule has 0 aliphatic rings. The van der Waals surface area contributed by atoms with Crippen LogP contribution in [0.4, 0.5) is 0 Å². The first-order chi connectivity index (χ1) is 8.93. The lowest BCUT2D eigenvalue weighted by Crippen LogP contribution is -2.41. The molecule has 0 unspecified atom stereocenters. The number of likely N-dealkylation sites (N-methyl/N-ethyl adjacent to an activating group) is 1. The number of aromatic nitrogens is 2. The van der Waals surface area contributed by atoms with Crippen molar-refractivity contribution >= 4 is 21.8 Å². The van der Waals surface area contributed by atoms with Crippen molar-refractivity contribution in [3.63, 3.8) is 0 Å². The molecule has 0 aliphatic carbocycles. The molecule has 1 aromatic rings. The van der Waals surface area contributed by atoms with Gasteiger partial charge in [0.05, 0.1) is 4.47 Å². The number of carbonyl (C=O) groups excluding carboxylic acids is 1. The molecule has 7 nitrogen and oxygen atoms in total. The van der Waals surface area contributed by atoms with E-state index in [0.717, 1.165) is 11.1 Å². The highest BCUT2D eigenvalue weighted by atomic mass is 79.9. The molecule has 0 aromatic carbocycles. The van der Waals surface area contributed by atoms with E-state index < -0.39 is 11.2 Å². The number of aromatic amines is 1. The monoisotopic (exact) mass is 332 g/mol. The number of halogens is 1. The first-order valence-electron chi connectivity index (χ1n) is 5.93. The second kappa shape index (κ2) is 7.25. The summed E-state index contributed by atoms with van der Waals surface area (Å²) in [4.78, 5) is 36.4. The molecule has 0 aliphatic heterocycles. The fourth-order valence-electron chi connectivity index (χ4n) is 1.50. The minimum Gasteiger partial charge on any atom is -0.353 e. The van der Waals surface area contributed by atoms with Crippen molar-refractivity contribution in [3.8, 4) is 0 Å². The molecule has 106 valence electrons. The number of rotatable bonds is 6. The lowest BCUT2D eigenvalue weighted by molar-refractivity contribution is -0.121. The number of carbonyl (C=O) groups is 1. The van der Waals surface area contributed by atoms with E-state index in [1.165, 1.54) is 6.20 Å². The Bertz CT molecular complexity index is 552. The molecule has 19 heavy (non-hydrogen) atoms. The van der Waals surface area contributed by atoms with Crippen LogP contribution < -0.4 is 21.9 Å². The van der Waals surface area contributed by atoms with E-state index in [9.17, 15) is 14.4 Å². The van der Waals surface area contributed by atoms with Crippen LogP contribution in [0.15, 0.2) is 20.3 Å². The molecule has 3 N–H and O–H groups in total. The van der Waals surface area contributed by atoms with Crippen LogP contribution in [-0.2, 0) is 11.3 Å². The van der Waals surface area contributed by atoms with Crippen molar-refractivity contribution in [1.29, 1.82) is 0 Å². The summed E-state index contributed by atoms with van der Waals surface area (Å²) in [5.74, 6) is -0.286. The lowest BCUT2D eigenvalue weighted by atomic mass is 10.3. The number of hydrogen-bond acceptors (Lipinski definition) is 4. The molecule has 1 aromatic heterocycles. The summed E-state index contributed by atoms with van der Waals surface area (Å²) in [6, 6.07) is 0.160. The minimum atomic E-state index is -0.608. The van der Waals surface area contributed by atoms with E-state index in [1.54, 1.807) is 0 Å². The van der Waals surface area contributed by atoms with Gasteiger partial charge in [-0.05, 0) is 29.4 Å². The summed E-state index contributed by atoms with van der Waals surface area (Å²) >= 11 is 3.01. The van der Waals surface area contributed by atoms with Crippen LogP contribution in [0, 0.1) is 0 Å². The van der Waals surface area contributed by atoms with Crippen molar-refractivity contribution in [2.24, 2.45) is 0 Å². The fourth-order valence-corrected chi connectivity index (χ4v) is 1.84. The van der Waals surface area contributed by atoms with Crippen molar-refractivity contribution in [3.05, 3.63) is 31.5 Å². The highest BCUT2D eigenvalue weighted by molar-refractivity contribution is 9.10. The van der Waals surface area contributed by atoms with E-state index in [-0.39, 0.29) is 23.0 Å². The molecule has 0 saturated heterocycles. The van der Waals surface area contributed by atoms with E-state index in [2.05, 4.69) is 31.5 Å². The molecule has 1 rings (SSSR count). The molecule has 1 amide bonds. The van der Waals surface area contributed by atoms with Gasteiger partial charge in [-0.15, -0.1) is 0 Å². The molecule has 0 radical (unpaired) electrons. The third-order valence-corrected chi connectivity index (χ3v) is 3.00. The van der Waals surface area contributed by atoms with E-state index in [4.69, 9.17) is 0 Å². The first-order valence-corrected chi connectivity index (χ1v) is 6.72. The molecule has 1 atom stereocenters. The van der Waals surface area contributed by atoms with Crippen molar-refractivity contribution in [1.82, 2.24) is 20.2 Å². The SMILES string of the molecule is CCN[C@H](C)CNC(=O)Cn1cc(Br)c(=O)[nH]c1=O. The van der Waals surface area contributed by atoms with Gasteiger partial charge in [0.2, 0.25) is 5.91 Å². The van der Waals surface area contributed by atoms with Crippen LogP contribution in [0.5, 0.6) is 0 Å². The van der Waals surface area contributed by atoms with Crippen LogP contribution in [0.3, 0.4) is 0 Å². The van der Waals surface area contributed by atoms with Gasteiger partial charge in [-0.2, -0.15) is 0 Å². The zero-order valence-electron chi connectivity index (χ0n) is 10.8. The maximum atomic E-state index is 11.7. The van der Waals surface area contributed by atoms with Gasteiger partial charge in [0.1, 0.15) is 6.54 Å². The van der Waals surface area contributed by atoms with Crippen molar-refractivity contribution in [2.75, 3.05) is 13.1 Å². The predicted octanol–water partition coefficient (Wildman–Crippen LogP) is -0.587. The maximum Gasteiger partial charge on any atom is 0.328 e. The average Bonchev–Trinajstić information content (AvgIpc) is 2.34. The molecule has 8 heteroatoms. The molecule has 1 heterocycles. The molecule has 0 saturated carbocycles. The Morgan fingerprint density at radius 1 is 1.53 bits per heavy atom. The number of nitrogens with zero attached hydrogens (tertiary/aromatic N) is 1. The van der Waals surface area contributed by atoms with Gasteiger partial charge < -0.3 is 10.6 Å². The molecular weight excluding hydrogens is 316 g/mol. The smallest absolute Gasteiger partial charge is 0.328 e. The summed E-state index contributed by atoms with van der Waals surface area (Å²) in [6.45, 7) is 5.10. The largest absolute Gasteiger partial charge is 0.353 e. The second-order valence-electron chi connectivity index (χ2n) is 4.13. The summed E-state index contributed by atoms with van der Waals surface area (Å²) < 4.78 is 1.35. The maximum absolute atomic E-state index is 11.7. The van der Waals surface area contributed by atoms with Crippen molar-refractivity contribution in [2.45, 2.75) is 26.4 Å². The Labute approximate surface area is 118 Å². The summed E-state index contributed by atoms with van der Waals surface area (Å²) in [5, 5.41) is 5.86. The van der Waals surface area contributed by atoms with Gasteiger partial charge in [0, 0.05) is 18.8 Å². The van der Waals surface area contributed by atoms with E-state index >= 15 is 0 Å². The summed E-state index contributed by atoms with van der Waals surface area (Å²) in [7, 11) is 0. The normalized spacial score (nSPS) is 12.2. The second-order valence-corrected chi connectivity index (χ2v) is 4.98. The standard InChI is InChI=1S/C11H17BrN4O3/c1-3-13-7(2)4-14-9(17)6-16-5-8(12)10(18)15-11(16)19/h5,7,13H,3-4,6H2,1-2H3,(H,14,17)(H,15,18,19)/t7-/m1/s1. The third kappa shape index (κ3) is 4.99. The Kier molecular flexibility index (Phi) is 5.97. The van der Waals surface area contributed by atoms with Gasteiger partial charge in [-0.25, -0.2) is 4.79 Å².